The summed E-state index contributed by atoms with van der Waals surface area (Å²) in [5, 5.41) is 21.7. The van der Waals surface area contributed by atoms with Crippen LogP contribution in [-0.2, 0) is 20.2 Å². The van der Waals surface area contributed by atoms with Crippen LogP contribution in [0.1, 0.15) is 56.2 Å². The second-order valence-electron chi connectivity index (χ2n) is 10.3. The van der Waals surface area contributed by atoms with Crippen LogP contribution in [0.2, 0.25) is 0 Å². The molecule has 8 nitrogen and oxygen atoms in total. The molecule has 0 spiro atoms. The molecule has 0 radical (unpaired) electrons. The van der Waals surface area contributed by atoms with E-state index in [0.717, 1.165) is 29.9 Å². The molecule has 2 aliphatic rings. The molecule has 1 aromatic heterocycles. The summed E-state index contributed by atoms with van der Waals surface area (Å²) in [5.41, 5.74) is -1.45. The highest BCUT2D eigenvalue weighted by Gasteiger charge is 2.54. The van der Waals surface area contributed by atoms with E-state index in [0.29, 0.717) is 49.0 Å². The van der Waals surface area contributed by atoms with Crippen LogP contribution in [0, 0.1) is 17.2 Å². The van der Waals surface area contributed by atoms with E-state index in [4.69, 9.17) is 5.26 Å². The number of carbonyl (C=O) groups is 1. The number of halogens is 3. The zero-order valence-electron chi connectivity index (χ0n) is 21.7. The van der Waals surface area contributed by atoms with Crippen LogP contribution in [-0.4, -0.2) is 61.2 Å². The normalized spacial score (nSPS) is 23.9. The SMILES string of the molecule is C[C@@H](C#N)NC(=O)[C@@H]1CCCC[C@H]1c1nc(C(C)(O)C(F)(F)F)sc1-c1ccc(N2CCS(=O)(=O)CC2)cc1. The summed E-state index contributed by atoms with van der Waals surface area (Å²) in [4.78, 5) is 19.8. The molecule has 2 fully saturated rings. The number of benzene rings is 1. The monoisotopic (exact) mass is 584 g/mol. The Morgan fingerprint density at radius 1 is 1.21 bits per heavy atom. The van der Waals surface area contributed by atoms with Gasteiger partial charge in [0.05, 0.1) is 28.1 Å². The third-order valence-electron chi connectivity index (χ3n) is 7.47. The summed E-state index contributed by atoms with van der Waals surface area (Å²) in [7, 11) is -3.05. The van der Waals surface area contributed by atoms with Crippen LogP contribution < -0.4 is 10.2 Å². The molecule has 0 bridgehead atoms. The molecule has 2 aromatic rings. The summed E-state index contributed by atoms with van der Waals surface area (Å²) in [5.74, 6) is -1.29. The number of sulfone groups is 1. The lowest BCUT2D eigenvalue weighted by Crippen LogP contribution is -2.40. The van der Waals surface area contributed by atoms with Gasteiger partial charge in [-0.3, -0.25) is 4.79 Å². The van der Waals surface area contributed by atoms with Crippen molar-refractivity contribution in [2.75, 3.05) is 29.5 Å². The second kappa shape index (κ2) is 11.1. The van der Waals surface area contributed by atoms with Gasteiger partial charge in [-0.1, -0.05) is 25.0 Å². The molecule has 2 N–H and O–H groups in total. The van der Waals surface area contributed by atoms with Crippen LogP contribution in [0.15, 0.2) is 24.3 Å². The van der Waals surface area contributed by atoms with E-state index in [1.165, 1.54) is 0 Å². The van der Waals surface area contributed by atoms with E-state index in [-0.39, 0.29) is 17.4 Å². The van der Waals surface area contributed by atoms with Crippen molar-refractivity contribution >= 4 is 32.8 Å². The van der Waals surface area contributed by atoms with Crippen molar-refractivity contribution in [3.8, 4) is 16.5 Å². The smallest absolute Gasteiger partial charge is 0.375 e. The lowest BCUT2D eigenvalue weighted by Gasteiger charge is -2.31. The molecule has 1 saturated carbocycles. The molecule has 212 valence electrons. The molecule has 4 atom stereocenters. The first-order valence-electron chi connectivity index (χ1n) is 12.8. The summed E-state index contributed by atoms with van der Waals surface area (Å²) < 4.78 is 64.9. The molecule has 1 aliphatic carbocycles. The third kappa shape index (κ3) is 6.23. The van der Waals surface area contributed by atoms with Crippen LogP contribution in [0.3, 0.4) is 0 Å². The Kier molecular flexibility index (Phi) is 8.31. The van der Waals surface area contributed by atoms with Gasteiger partial charge in [0.25, 0.3) is 0 Å². The Balaban J connectivity index is 1.73. The number of aromatic nitrogens is 1. The van der Waals surface area contributed by atoms with E-state index in [9.17, 15) is 31.5 Å². The number of amides is 1. The predicted octanol–water partition coefficient (Wildman–Crippen LogP) is 4.12. The van der Waals surface area contributed by atoms with Crippen molar-refractivity contribution < 1.29 is 31.5 Å². The highest BCUT2D eigenvalue weighted by Crippen LogP contribution is 2.48. The molecule has 4 rings (SSSR count). The lowest BCUT2D eigenvalue weighted by molar-refractivity contribution is -0.258. The summed E-state index contributed by atoms with van der Waals surface area (Å²) >= 11 is 0.755. The molecular weight excluding hydrogens is 553 g/mol. The first-order chi connectivity index (χ1) is 18.2. The number of nitrogens with one attached hydrogen (secondary N) is 1. The van der Waals surface area contributed by atoms with Crippen molar-refractivity contribution in [3.63, 3.8) is 0 Å². The Morgan fingerprint density at radius 3 is 2.41 bits per heavy atom. The van der Waals surface area contributed by atoms with Gasteiger partial charge in [-0.2, -0.15) is 18.4 Å². The van der Waals surface area contributed by atoms with Crippen LogP contribution >= 0.6 is 11.3 Å². The topological polar surface area (TPSA) is 123 Å². The largest absolute Gasteiger partial charge is 0.423 e. The highest BCUT2D eigenvalue weighted by molar-refractivity contribution is 7.91. The van der Waals surface area contributed by atoms with Crippen molar-refractivity contribution in [1.82, 2.24) is 10.3 Å². The molecule has 1 saturated heterocycles. The number of hydrogen-bond donors (Lipinski definition) is 2. The molecule has 2 heterocycles. The summed E-state index contributed by atoms with van der Waals surface area (Å²) in [6.07, 6.45) is -2.39. The molecular formula is C26H31F3N4O4S2. The molecule has 1 aromatic carbocycles. The second-order valence-corrected chi connectivity index (χ2v) is 13.6. The number of hydrogen-bond acceptors (Lipinski definition) is 8. The average Bonchev–Trinajstić information content (AvgIpc) is 3.34. The van der Waals surface area contributed by atoms with Gasteiger partial charge in [0.1, 0.15) is 11.0 Å². The zero-order chi connectivity index (χ0) is 28.6. The Morgan fingerprint density at radius 2 is 1.82 bits per heavy atom. The first-order valence-corrected chi connectivity index (χ1v) is 15.4. The van der Waals surface area contributed by atoms with E-state index >= 15 is 0 Å². The molecule has 39 heavy (non-hydrogen) atoms. The van der Waals surface area contributed by atoms with Crippen molar-refractivity contribution in [2.24, 2.45) is 5.92 Å². The van der Waals surface area contributed by atoms with Gasteiger partial charge in [-0.15, -0.1) is 11.3 Å². The molecule has 13 heteroatoms. The van der Waals surface area contributed by atoms with Gasteiger partial charge >= 0.3 is 6.18 Å². The van der Waals surface area contributed by atoms with Crippen LogP contribution in [0.4, 0.5) is 18.9 Å². The number of aliphatic hydroxyl groups is 1. The maximum atomic E-state index is 13.8. The van der Waals surface area contributed by atoms with Gasteiger partial charge in [0.2, 0.25) is 11.5 Å². The number of rotatable bonds is 6. The van der Waals surface area contributed by atoms with E-state index in [2.05, 4.69) is 10.3 Å². The predicted molar refractivity (Wildman–Crippen MR) is 142 cm³/mol. The Bertz CT molecular complexity index is 1340. The number of carbonyl (C=O) groups excluding carboxylic acids is 1. The maximum absolute atomic E-state index is 13.8. The van der Waals surface area contributed by atoms with Gasteiger partial charge < -0.3 is 15.3 Å². The third-order valence-corrected chi connectivity index (χ3v) is 10.4. The standard InChI is InChI=1S/C26H31F3N4O4S2/c1-16(15-30)31-23(34)20-6-4-3-5-19(20)21-22(38-24(32-21)25(2,35)26(27,28)29)17-7-9-18(10-8-17)33-11-13-39(36,37)14-12-33/h7-10,16,19-20,35H,3-6,11-14H2,1-2H3,(H,31,34)/t16-,19+,20+,25?/m0/s1. The minimum atomic E-state index is -4.95. The Hall–Kier alpha value is -2.69. The van der Waals surface area contributed by atoms with Gasteiger partial charge in [0, 0.05) is 30.6 Å². The molecule has 1 unspecified atom stereocenters. The van der Waals surface area contributed by atoms with Crippen molar-refractivity contribution in [1.29, 1.82) is 5.26 Å². The van der Waals surface area contributed by atoms with Crippen LogP contribution in [0.5, 0.6) is 0 Å². The fourth-order valence-electron chi connectivity index (χ4n) is 5.04. The Labute approximate surface area is 229 Å². The minimum Gasteiger partial charge on any atom is -0.375 e. The van der Waals surface area contributed by atoms with E-state index in [1.807, 2.05) is 11.0 Å². The first kappa shape index (κ1) is 29.3. The zero-order valence-corrected chi connectivity index (χ0v) is 23.3. The van der Waals surface area contributed by atoms with E-state index in [1.54, 1.807) is 31.2 Å². The van der Waals surface area contributed by atoms with Gasteiger partial charge in [0.15, 0.2) is 9.84 Å². The number of nitrogens with zero attached hydrogens (tertiary/aromatic N) is 3. The quantitative estimate of drug-likeness (QED) is 0.524. The fraction of sp³-hybridized carbons (Fsp3) is 0.577. The van der Waals surface area contributed by atoms with Gasteiger partial charge in [-0.05, 0) is 44.4 Å². The fourth-order valence-corrected chi connectivity index (χ4v) is 7.45. The van der Waals surface area contributed by atoms with Crippen molar-refractivity contribution in [2.45, 2.75) is 63.3 Å². The summed E-state index contributed by atoms with van der Waals surface area (Å²) in [6, 6.07) is 8.32. The number of thiazole rings is 1. The molecule has 1 amide bonds. The maximum Gasteiger partial charge on any atom is 0.423 e. The lowest BCUT2D eigenvalue weighted by atomic mass is 9.76. The number of anilines is 1. The molecule has 1 aliphatic heterocycles. The van der Waals surface area contributed by atoms with E-state index < -0.39 is 44.5 Å². The summed E-state index contributed by atoms with van der Waals surface area (Å²) in [6.45, 7) is 2.94. The van der Waals surface area contributed by atoms with Crippen molar-refractivity contribution in [3.05, 3.63) is 35.0 Å². The highest BCUT2D eigenvalue weighted by atomic mass is 32.2. The number of nitriles is 1. The average molecular weight is 585 g/mol. The number of alkyl halides is 3. The van der Waals surface area contributed by atoms with Crippen LogP contribution in [0.25, 0.3) is 10.4 Å². The minimum absolute atomic E-state index is 0.0547. The van der Waals surface area contributed by atoms with Gasteiger partial charge in [-0.25, -0.2) is 13.4 Å².